The Balaban J connectivity index is 1.45. The summed E-state index contributed by atoms with van der Waals surface area (Å²) in [7, 11) is 2.09. The molecule has 7 heteroatoms. The molecule has 1 aromatic rings. The van der Waals surface area contributed by atoms with Gasteiger partial charge in [0.15, 0.2) is 0 Å². The molecule has 0 radical (unpaired) electrons. The van der Waals surface area contributed by atoms with Gasteiger partial charge in [0.2, 0.25) is 11.8 Å². The van der Waals surface area contributed by atoms with Gasteiger partial charge >= 0.3 is 0 Å². The molecule has 1 heterocycles. The maximum absolute atomic E-state index is 12.5. The van der Waals surface area contributed by atoms with Crippen LogP contribution in [0.2, 0.25) is 0 Å². The van der Waals surface area contributed by atoms with Gasteiger partial charge in [-0.3, -0.25) is 19.9 Å². The van der Waals surface area contributed by atoms with Crippen LogP contribution in [0.5, 0.6) is 0 Å². The van der Waals surface area contributed by atoms with E-state index in [2.05, 4.69) is 27.6 Å². The Morgan fingerprint density at radius 2 is 1.82 bits per heavy atom. The van der Waals surface area contributed by atoms with Crippen LogP contribution < -0.4 is 10.7 Å². The van der Waals surface area contributed by atoms with Crippen molar-refractivity contribution in [2.45, 2.75) is 39.2 Å². The molecule has 0 unspecified atom stereocenters. The number of nitrogens with zero attached hydrogens (tertiary/aromatic N) is 3. The van der Waals surface area contributed by atoms with Crippen molar-refractivity contribution in [3.05, 3.63) is 29.3 Å². The number of nitrogens with one attached hydrogen (secondary N) is 2. The average molecular weight is 388 g/mol. The SMILES string of the molecule is Cc1ccc(C)c(NC(=O)CN(CCC(=O)NN2CCN(C)CC2)C2CC2)c1. The summed E-state index contributed by atoms with van der Waals surface area (Å²) in [6.45, 7) is 8.60. The topological polar surface area (TPSA) is 67.9 Å². The first-order valence-electron chi connectivity index (χ1n) is 10.2. The summed E-state index contributed by atoms with van der Waals surface area (Å²) < 4.78 is 0. The monoisotopic (exact) mass is 387 g/mol. The molecule has 0 bridgehead atoms. The smallest absolute Gasteiger partial charge is 0.238 e. The van der Waals surface area contributed by atoms with E-state index in [0.29, 0.717) is 25.6 Å². The molecular weight excluding hydrogens is 354 g/mol. The largest absolute Gasteiger partial charge is 0.325 e. The lowest BCUT2D eigenvalue weighted by Crippen LogP contribution is -2.53. The first-order chi connectivity index (χ1) is 13.4. The Hall–Kier alpha value is -1.96. The maximum atomic E-state index is 12.5. The summed E-state index contributed by atoms with van der Waals surface area (Å²) in [4.78, 5) is 29.2. The lowest BCUT2D eigenvalue weighted by Gasteiger charge is -2.32. The zero-order chi connectivity index (χ0) is 20.1. The van der Waals surface area contributed by atoms with E-state index >= 15 is 0 Å². The third-order valence-electron chi connectivity index (χ3n) is 5.49. The van der Waals surface area contributed by atoms with Crippen LogP contribution in [0, 0.1) is 13.8 Å². The number of anilines is 1. The maximum Gasteiger partial charge on any atom is 0.238 e. The van der Waals surface area contributed by atoms with Crippen LogP contribution in [-0.4, -0.2) is 79.0 Å². The van der Waals surface area contributed by atoms with E-state index in [1.54, 1.807) is 0 Å². The summed E-state index contributed by atoms with van der Waals surface area (Å²) in [6, 6.07) is 6.49. The second-order valence-electron chi connectivity index (χ2n) is 8.14. The number of aryl methyl sites for hydroxylation is 2. The molecule has 28 heavy (non-hydrogen) atoms. The Morgan fingerprint density at radius 1 is 1.11 bits per heavy atom. The molecule has 0 spiro atoms. The number of hydrogen-bond donors (Lipinski definition) is 2. The van der Waals surface area contributed by atoms with Crippen molar-refractivity contribution in [2.24, 2.45) is 0 Å². The van der Waals surface area contributed by atoms with Crippen molar-refractivity contribution in [2.75, 3.05) is 51.6 Å². The van der Waals surface area contributed by atoms with E-state index in [-0.39, 0.29) is 11.8 Å². The van der Waals surface area contributed by atoms with Crippen molar-refractivity contribution in [1.82, 2.24) is 20.2 Å². The van der Waals surface area contributed by atoms with Gasteiger partial charge in [-0.15, -0.1) is 0 Å². The molecular formula is C21H33N5O2. The van der Waals surface area contributed by atoms with Gasteiger partial charge in [-0.05, 0) is 50.9 Å². The molecule has 154 valence electrons. The molecule has 7 nitrogen and oxygen atoms in total. The quantitative estimate of drug-likeness (QED) is 0.705. The molecule has 2 amide bonds. The molecule has 2 N–H and O–H groups in total. The van der Waals surface area contributed by atoms with Crippen molar-refractivity contribution in [1.29, 1.82) is 0 Å². The molecule has 1 aliphatic heterocycles. The molecule has 3 rings (SSSR count). The highest BCUT2D eigenvalue weighted by atomic mass is 16.2. The van der Waals surface area contributed by atoms with Gasteiger partial charge < -0.3 is 10.2 Å². The fourth-order valence-electron chi connectivity index (χ4n) is 3.47. The standard InChI is InChI=1S/C21H33N5O2/c1-16-4-5-17(2)19(14-16)22-21(28)15-25(18-6-7-18)9-8-20(27)23-26-12-10-24(3)11-13-26/h4-5,14,18H,6-13,15H2,1-3H3,(H,22,28)(H,23,27). The van der Waals surface area contributed by atoms with E-state index in [0.717, 1.165) is 55.8 Å². The van der Waals surface area contributed by atoms with Crippen LogP contribution in [0.4, 0.5) is 5.69 Å². The number of benzene rings is 1. The predicted octanol–water partition coefficient (Wildman–Crippen LogP) is 1.38. The van der Waals surface area contributed by atoms with Gasteiger partial charge in [0.05, 0.1) is 6.54 Å². The molecule has 2 aliphatic rings. The van der Waals surface area contributed by atoms with Crippen LogP contribution in [0.3, 0.4) is 0 Å². The molecule has 1 aromatic carbocycles. The second kappa shape index (κ2) is 9.49. The van der Waals surface area contributed by atoms with Crippen LogP contribution in [-0.2, 0) is 9.59 Å². The van der Waals surface area contributed by atoms with Gasteiger partial charge in [-0.25, -0.2) is 5.01 Å². The number of amides is 2. The number of piperazine rings is 1. The van der Waals surface area contributed by atoms with E-state index in [1.807, 2.05) is 37.1 Å². The van der Waals surface area contributed by atoms with Crippen molar-refractivity contribution in [3.63, 3.8) is 0 Å². The minimum absolute atomic E-state index is 0.0138. The summed E-state index contributed by atoms with van der Waals surface area (Å²) in [5.74, 6) is 0.0187. The lowest BCUT2D eigenvalue weighted by molar-refractivity contribution is -0.127. The highest BCUT2D eigenvalue weighted by molar-refractivity contribution is 5.93. The van der Waals surface area contributed by atoms with Gasteiger partial charge in [0.1, 0.15) is 0 Å². The lowest BCUT2D eigenvalue weighted by atomic mass is 10.1. The molecule has 1 aliphatic carbocycles. The molecule has 0 atom stereocenters. The first kappa shape index (κ1) is 20.8. The van der Waals surface area contributed by atoms with E-state index in [9.17, 15) is 9.59 Å². The Labute approximate surface area is 168 Å². The predicted molar refractivity (Wildman–Crippen MR) is 111 cm³/mol. The number of rotatable bonds is 8. The fourth-order valence-corrected chi connectivity index (χ4v) is 3.47. The normalized spacial score (nSPS) is 18.3. The van der Waals surface area contributed by atoms with Crippen LogP contribution in [0.15, 0.2) is 18.2 Å². The second-order valence-corrected chi connectivity index (χ2v) is 8.14. The minimum Gasteiger partial charge on any atom is -0.325 e. The third-order valence-corrected chi connectivity index (χ3v) is 5.49. The summed E-state index contributed by atoms with van der Waals surface area (Å²) >= 11 is 0. The first-order valence-corrected chi connectivity index (χ1v) is 10.2. The molecule has 0 aromatic heterocycles. The number of likely N-dealkylation sites (N-methyl/N-ethyl adjacent to an activating group) is 1. The molecule has 1 saturated heterocycles. The van der Waals surface area contributed by atoms with E-state index < -0.39 is 0 Å². The Kier molecular flexibility index (Phi) is 7.04. The number of hydrogen-bond acceptors (Lipinski definition) is 5. The van der Waals surface area contributed by atoms with E-state index in [4.69, 9.17) is 0 Å². The molecule has 1 saturated carbocycles. The third kappa shape index (κ3) is 6.29. The van der Waals surface area contributed by atoms with Crippen LogP contribution in [0.1, 0.15) is 30.4 Å². The van der Waals surface area contributed by atoms with Gasteiger partial charge in [0.25, 0.3) is 0 Å². The fraction of sp³-hybridized carbons (Fsp3) is 0.619. The van der Waals surface area contributed by atoms with Gasteiger partial charge in [-0.1, -0.05) is 12.1 Å². The van der Waals surface area contributed by atoms with Crippen molar-refractivity contribution >= 4 is 17.5 Å². The van der Waals surface area contributed by atoms with E-state index in [1.165, 1.54) is 0 Å². The summed E-state index contributed by atoms with van der Waals surface area (Å²) in [5.41, 5.74) is 6.05. The van der Waals surface area contributed by atoms with Gasteiger partial charge in [-0.2, -0.15) is 0 Å². The summed E-state index contributed by atoms with van der Waals surface area (Å²) in [5, 5.41) is 5.02. The number of carbonyl (C=O) groups excluding carboxylic acids is 2. The Morgan fingerprint density at radius 3 is 2.50 bits per heavy atom. The zero-order valence-electron chi connectivity index (χ0n) is 17.3. The van der Waals surface area contributed by atoms with Crippen molar-refractivity contribution in [3.8, 4) is 0 Å². The highest BCUT2D eigenvalue weighted by Crippen LogP contribution is 2.27. The number of hydrazine groups is 1. The van der Waals surface area contributed by atoms with Crippen LogP contribution >= 0.6 is 0 Å². The van der Waals surface area contributed by atoms with Crippen LogP contribution in [0.25, 0.3) is 0 Å². The average Bonchev–Trinajstić information content (AvgIpc) is 3.49. The molecule has 2 fully saturated rings. The Bertz CT molecular complexity index is 696. The minimum atomic E-state index is -0.0138. The van der Waals surface area contributed by atoms with Crippen molar-refractivity contribution < 1.29 is 9.59 Å². The summed E-state index contributed by atoms with van der Waals surface area (Å²) in [6.07, 6.45) is 2.63. The highest BCUT2D eigenvalue weighted by Gasteiger charge is 2.30. The van der Waals surface area contributed by atoms with Gasteiger partial charge in [0, 0.05) is 50.9 Å². The number of carbonyl (C=O) groups is 2. The zero-order valence-corrected chi connectivity index (χ0v) is 17.3.